The van der Waals surface area contributed by atoms with E-state index in [1.165, 1.54) is 5.69 Å². The van der Waals surface area contributed by atoms with E-state index in [1.54, 1.807) is 0 Å². The van der Waals surface area contributed by atoms with Crippen LogP contribution in [-0.2, 0) is 15.9 Å². The number of likely N-dealkylation sites (N-methyl/N-ethyl adjacent to an activating group) is 1. The van der Waals surface area contributed by atoms with Crippen LogP contribution in [0.15, 0.2) is 24.4 Å². The Bertz CT molecular complexity index is 432. The number of nitrogens with one attached hydrogen (secondary N) is 1. The topological polar surface area (TPSA) is 43.4 Å². The molecule has 2 aliphatic heterocycles. The first-order valence-electron chi connectivity index (χ1n) is 8.16. The number of hydrogen-bond donors (Lipinski definition) is 1. The van der Waals surface area contributed by atoms with Gasteiger partial charge in [-0.3, -0.25) is 4.98 Å². The second kappa shape index (κ2) is 6.86. The molecule has 0 bridgehead atoms. The summed E-state index contributed by atoms with van der Waals surface area (Å²) in [5, 5.41) is 3.67. The average molecular weight is 290 g/mol. The highest BCUT2D eigenvalue weighted by molar-refractivity contribution is 5.06. The summed E-state index contributed by atoms with van der Waals surface area (Å²) in [4.78, 5) is 4.49. The van der Waals surface area contributed by atoms with Crippen LogP contribution in [-0.4, -0.2) is 43.0 Å². The van der Waals surface area contributed by atoms with Crippen molar-refractivity contribution in [1.82, 2.24) is 10.3 Å². The Labute approximate surface area is 127 Å². The molecular formula is C17H26N2O2. The van der Waals surface area contributed by atoms with Crippen LogP contribution in [0.25, 0.3) is 0 Å². The lowest BCUT2D eigenvalue weighted by Crippen LogP contribution is -2.48. The minimum Gasteiger partial charge on any atom is -0.378 e. The first kappa shape index (κ1) is 14.9. The summed E-state index contributed by atoms with van der Waals surface area (Å²) in [5.41, 5.74) is 1.16. The van der Waals surface area contributed by atoms with Gasteiger partial charge in [0.15, 0.2) is 0 Å². The van der Waals surface area contributed by atoms with E-state index in [4.69, 9.17) is 9.47 Å². The van der Waals surface area contributed by atoms with E-state index in [0.717, 1.165) is 52.0 Å². The Kier molecular flexibility index (Phi) is 4.88. The first-order chi connectivity index (χ1) is 10.3. The van der Waals surface area contributed by atoms with E-state index in [9.17, 15) is 0 Å². The Morgan fingerprint density at radius 3 is 3.10 bits per heavy atom. The van der Waals surface area contributed by atoms with Gasteiger partial charge in [-0.25, -0.2) is 0 Å². The number of pyridine rings is 1. The Hall–Kier alpha value is -0.970. The van der Waals surface area contributed by atoms with Gasteiger partial charge in [0.05, 0.1) is 12.2 Å². The fourth-order valence-electron chi connectivity index (χ4n) is 3.68. The van der Waals surface area contributed by atoms with Crippen molar-refractivity contribution in [2.24, 2.45) is 5.92 Å². The van der Waals surface area contributed by atoms with Crippen LogP contribution in [0.2, 0.25) is 0 Å². The maximum atomic E-state index is 6.07. The standard InChI is InChI=1S/C17H26N2O2/c1-2-18-16(11-15-5-3-4-8-19-15)14-6-9-21-17(12-14)7-10-20-13-17/h3-5,8,14,16,18H,2,6-7,9-13H2,1H3. The van der Waals surface area contributed by atoms with Crippen molar-refractivity contribution in [3.8, 4) is 0 Å². The molecule has 3 atom stereocenters. The Balaban J connectivity index is 1.68. The van der Waals surface area contributed by atoms with Gasteiger partial charge < -0.3 is 14.8 Å². The number of nitrogens with zero attached hydrogens (tertiary/aromatic N) is 1. The molecule has 1 aromatic rings. The summed E-state index contributed by atoms with van der Waals surface area (Å²) in [5.74, 6) is 0.641. The Morgan fingerprint density at radius 1 is 1.43 bits per heavy atom. The van der Waals surface area contributed by atoms with E-state index in [2.05, 4.69) is 29.4 Å². The summed E-state index contributed by atoms with van der Waals surface area (Å²) in [6.07, 6.45) is 6.17. The highest BCUT2D eigenvalue weighted by Crippen LogP contribution is 2.37. The van der Waals surface area contributed by atoms with Gasteiger partial charge in [-0.05, 0) is 37.4 Å². The lowest BCUT2D eigenvalue weighted by molar-refractivity contribution is -0.103. The number of aromatic nitrogens is 1. The van der Waals surface area contributed by atoms with Crippen molar-refractivity contribution >= 4 is 0 Å². The minimum absolute atomic E-state index is 0.0132. The molecule has 4 nitrogen and oxygen atoms in total. The van der Waals surface area contributed by atoms with Gasteiger partial charge in [-0.1, -0.05) is 13.0 Å². The van der Waals surface area contributed by atoms with E-state index < -0.39 is 0 Å². The van der Waals surface area contributed by atoms with Crippen LogP contribution in [0, 0.1) is 5.92 Å². The van der Waals surface area contributed by atoms with Gasteiger partial charge in [0, 0.05) is 44.0 Å². The van der Waals surface area contributed by atoms with Crippen LogP contribution in [0.4, 0.5) is 0 Å². The molecular weight excluding hydrogens is 264 g/mol. The summed E-state index contributed by atoms with van der Waals surface area (Å²) >= 11 is 0. The monoisotopic (exact) mass is 290 g/mol. The van der Waals surface area contributed by atoms with Gasteiger partial charge in [0.1, 0.15) is 0 Å². The van der Waals surface area contributed by atoms with E-state index >= 15 is 0 Å². The van der Waals surface area contributed by atoms with Crippen LogP contribution in [0.3, 0.4) is 0 Å². The predicted molar refractivity (Wildman–Crippen MR) is 82.2 cm³/mol. The van der Waals surface area contributed by atoms with Crippen molar-refractivity contribution in [1.29, 1.82) is 0 Å². The maximum Gasteiger partial charge on any atom is 0.0939 e. The third kappa shape index (κ3) is 3.62. The largest absolute Gasteiger partial charge is 0.378 e. The van der Waals surface area contributed by atoms with Crippen molar-refractivity contribution in [2.75, 3.05) is 26.4 Å². The van der Waals surface area contributed by atoms with Crippen LogP contribution in [0.1, 0.15) is 31.9 Å². The molecule has 2 fully saturated rings. The molecule has 21 heavy (non-hydrogen) atoms. The van der Waals surface area contributed by atoms with Gasteiger partial charge in [0.25, 0.3) is 0 Å². The zero-order valence-corrected chi connectivity index (χ0v) is 12.9. The predicted octanol–water partition coefficient (Wildman–Crippen LogP) is 2.19. The quantitative estimate of drug-likeness (QED) is 0.903. The zero-order valence-electron chi connectivity index (χ0n) is 12.9. The molecule has 0 saturated carbocycles. The summed E-state index contributed by atoms with van der Waals surface area (Å²) in [7, 11) is 0. The SMILES string of the molecule is CCNC(Cc1ccccn1)C1CCOC2(CCOC2)C1. The summed E-state index contributed by atoms with van der Waals surface area (Å²) < 4.78 is 11.7. The number of ether oxygens (including phenoxy) is 2. The lowest BCUT2D eigenvalue weighted by atomic mass is 9.79. The third-order valence-electron chi connectivity index (χ3n) is 4.79. The second-order valence-corrected chi connectivity index (χ2v) is 6.28. The molecule has 2 aliphatic rings. The molecule has 4 heteroatoms. The first-order valence-corrected chi connectivity index (χ1v) is 8.16. The molecule has 2 saturated heterocycles. The molecule has 1 aromatic heterocycles. The van der Waals surface area contributed by atoms with Gasteiger partial charge in [-0.15, -0.1) is 0 Å². The number of hydrogen-bond acceptors (Lipinski definition) is 4. The molecule has 0 aromatic carbocycles. The fraction of sp³-hybridized carbons (Fsp3) is 0.706. The smallest absolute Gasteiger partial charge is 0.0939 e. The maximum absolute atomic E-state index is 6.07. The highest BCUT2D eigenvalue weighted by atomic mass is 16.6. The van der Waals surface area contributed by atoms with Crippen LogP contribution >= 0.6 is 0 Å². The van der Waals surface area contributed by atoms with Crippen LogP contribution < -0.4 is 5.32 Å². The molecule has 3 rings (SSSR count). The molecule has 3 heterocycles. The van der Waals surface area contributed by atoms with Gasteiger partial charge >= 0.3 is 0 Å². The molecule has 0 amide bonds. The van der Waals surface area contributed by atoms with Crippen molar-refractivity contribution < 1.29 is 9.47 Å². The Morgan fingerprint density at radius 2 is 2.38 bits per heavy atom. The molecule has 1 spiro atoms. The second-order valence-electron chi connectivity index (χ2n) is 6.28. The zero-order chi connectivity index (χ0) is 14.5. The minimum atomic E-state index is -0.0132. The lowest BCUT2D eigenvalue weighted by Gasteiger charge is -2.40. The molecule has 0 radical (unpaired) electrons. The van der Waals surface area contributed by atoms with Gasteiger partial charge in [-0.2, -0.15) is 0 Å². The highest BCUT2D eigenvalue weighted by Gasteiger charge is 2.42. The van der Waals surface area contributed by atoms with E-state index in [-0.39, 0.29) is 5.60 Å². The summed E-state index contributed by atoms with van der Waals surface area (Å²) in [6.45, 7) is 5.65. The molecule has 0 aliphatic carbocycles. The van der Waals surface area contributed by atoms with Crippen molar-refractivity contribution in [3.05, 3.63) is 30.1 Å². The number of rotatable bonds is 5. The van der Waals surface area contributed by atoms with Gasteiger partial charge in [0.2, 0.25) is 0 Å². The normalized spacial score (nSPS) is 30.6. The molecule has 116 valence electrons. The van der Waals surface area contributed by atoms with E-state index in [0.29, 0.717) is 12.0 Å². The summed E-state index contributed by atoms with van der Waals surface area (Å²) in [6, 6.07) is 6.65. The average Bonchev–Trinajstić information content (AvgIpc) is 2.96. The van der Waals surface area contributed by atoms with E-state index in [1.807, 2.05) is 12.3 Å². The third-order valence-corrected chi connectivity index (χ3v) is 4.79. The van der Waals surface area contributed by atoms with Crippen molar-refractivity contribution in [3.63, 3.8) is 0 Å². The fourth-order valence-corrected chi connectivity index (χ4v) is 3.68. The van der Waals surface area contributed by atoms with Crippen molar-refractivity contribution in [2.45, 2.75) is 44.2 Å². The molecule has 1 N–H and O–H groups in total. The van der Waals surface area contributed by atoms with Crippen LogP contribution in [0.5, 0.6) is 0 Å². The molecule has 3 unspecified atom stereocenters.